The molecule has 1 aliphatic rings. The Morgan fingerprint density at radius 2 is 2.28 bits per heavy atom. The molecule has 0 saturated carbocycles. The number of hydrogen-bond donors (Lipinski definition) is 2. The number of benzene rings is 1. The van der Waals surface area contributed by atoms with Gasteiger partial charge in [0.2, 0.25) is 5.91 Å². The van der Waals surface area contributed by atoms with E-state index < -0.39 is 6.04 Å². The molecule has 1 amide bonds. The number of carbonyl (C=O) groups excluding carboxylic acids is 1. The molecule has 1 saturated heterocycles. The van der Waals surface area contributed by atoms with E-state index in [0.717, 1.165) is 29.3 Å². The summed E-state index contributed by atoms with van der Waals surface area (Å²) in [6, 6.07) is 4.19. The molecular formula is C19H26FN3O2. The number of nitrogens with one attached hydrogen (secondary N) is 1. The van der Waals surface area contributed by atoms with Crippen molar-refractivity contribution in [1.82, 2.24) is 9.88 Å². The van der Waals surface area contributed by atoms with Crippen molar-refractivity contribution in [1.29, 1.82) is 0 Å². The molecule has 0 aliphatic carbocycles. The highest BCUT2D eigenvalue weighted by molar-refractivity contribution is 5.84. The topological polar surface area (TPSA) is 71.3 Å². The minimum atomic E-state index is -0.658. The number of fused-ring (bicyclic) bond motifs is 1. The summed E-state index contributed by atoms with van der Waals surface area (Å²) in [6.07, 6.45) is 3.28. The first-order valence-corrected chi connectivity index (χ1v) is 8.76. The maximum atomic E-state index is 13.4. The van der Waals surface area contributed by atoms with Gasteiger partial charge in [-0.15, -0.1) is 0 Å². The fraction of sp³-hybridized carbons (Fsp3) is 0.526. The summed E-state index contributed by atoms with van der Waals surface area (Å²) in [6.45, 7) is 4.69. The van der Waals surface area contributed by atoms with Crippen LogP contribution in [0.25, 0.3) is 10.9 Å². The number of nitrogens with zero attached hydrogens (tertiary/aromatic N) is 1. The molecule has 0 spiro atoms. The first-order valence-electron chi connectivity index (χ1n) is 8.76. The fourth-order valence-corrected chi connectivity index (χ4v) is 3.68. The predicted molar refractivity (Wildman–Crippen MR) is 95.7 cm³/mol. The number of ether oxygens (including phenoxy) is 1. The molecule has 0 radical (unpaired) electrons. The molecule has 4 atom stereocenters. The van der Waals surface area contributed by atoms with Gasteiger partial charge in [0.1, 0.15) is 11.9 Å². The van der Waals surface area contributed by atoms with Gasteiger partial charge in [-0.1, -0.05) is 6.92 Å². The van der Waals surface area contributed by atoms with Crippen LogP contribution in [-0.4, -0.2) is 47.6 Å². The number of amides is 1. The lowest BCUT2D eigenvalue weighted by Crippen LogP contribution is -2.52. The number of rotatable bonds is 5. The molecule has 2 heterocycles. The van der Waals surface area contributed by atoms with Crippen LogP contribution in [0.3, 0.4) is 0 Å². The van der Waals surface area contributed by atoms with Gasteiger partial charge in [0.15, 0.2) is 0 Å². The van der Waals surface area contributed by atoms with E-state index in [4.69, 9.17) is 10.5 Å². The van der Waals surface area contributed by atoms with E-state index in [1.807, 2.05) is 18.0 Å². The molecule has 136 valence electrons. The second-order valence-corrected chi connectivity index (χ2v) is 7.04. The number of aromatic nitrogens is 1. The number of likely N-dealkylation sites (tertiary alicyclic amines) is 1. The molecule has 1 aromatic carbocycles. The zero-order valence-electron chi connectivity index (χ0n) is 15.0. The van der Waals surface area contributed by atoms with Crippen LogP contribution in [0.15, 0.2) is 24.4 Å². The van der Waals surface area contributed by atoms with E-state index in [1.165, 1.54) is 12.1 Å². The average molecular weight is 347 g/mol. The van der Waals surface area contributed by atoms with Crippen molar-refractivity contribution in [3.8, 4) is 0 Å². The minimum Gasteiger partial charge on any atom is -0.380 e. The van der Waals surface area contributed by atoms with Crippen LogP contribution in [0, 0.1) is 11.7 Å². The fourth-order valence-electron chi connectivity index (χ4n) is 3.68. The first-order chi connectivity index (χ1) is 11.9. The summed E-state index contributed by atoms with van der Waals surface area (Å²) in [4.78, 5) is 17.8. The van der Waals surface area contributed by atoms with E-state index in [0.29, 0.717) is 12.5 Å². The zero-order chi connectivity index (χ0) is 18.1. The summed E-state index contributed by atoms with van der Waals surface area (Å²) in [5.74, 6) is 0.0699. The van der Waals surface area contributed by atoms with Crippen molar-refractivity contribution in [3.05, 3.63) is 35.8 Å². The van der Waals surface area contributed by atoms with Crippen molar-refractivity contribution >= 4 is 16.8 Å². The number of aromatic amines is 1. The Balaban J connectivity index is 1.82. The Labute approximate surface area is 147 Å². The molecule has 6 heteroatoms. The van der Waals surface area contributed by atoms with Gasteiger partial charge in [0.25, 0.3) is 0 Å². The van der Waals surface area contributed by atoms with Crippen LogP contribution in [0.4, 0.5) is 4.39 Å². The molecule has 1 aromatic heterocycles. The number of methoxy groups -OCH3 is 1. The Morgan fingerprint density at radius 1 is 1.52 bits per heavy atom. The van der Waals surface area contributed by atoms with Crippen LogP contribution in [-0.2, 0) is 16.0 Å². The monoisotopic (exact) mass is 347 g/mol. The smallest absolute Gasteiger partial charge is 0.242 e. The second-order valence-electron chi connectivity index (χ2n) is 7.04. The van der Waals surface area contributed by atoms with Crippen LogP contribution in [0.5, 0.6) is 0 Å². The number of H-pyrrole nitrogens is 1. The molecule has 25 heavy (non-hydrogen) atoms. The standard InChI is InChI=1S/C19H26FN3O2/c1-11-6-7-23(19(24)18(21)12(2)25-3)17(11)8-13-10-22-16-9-14(20)4-5-15(13)16/h4-5,9-12,17-18,22H,6-8,21H2,1-3H3. The third-order valence-corrected chi connectivity index (χ3v) is 5.49. The quantitative estimate of drug-likeness (QED) is 0.873. The Morgan fingerprint density at radius 3 is 3.00 bits per heavy atom. The third-order valence-electron chi connectivity index (χ3n) is 5.49. The molecule has 3 rings (SSSR count). The van der Waals surface area contributed by atoms with Gasteiger partial charge < -0.3 is 20.4 Å². The summed E-state index contributed by atoms with van der Waals surface area (Å²) < 4.78 is 18.6. The highest BCUT2D eigenvalue weighted by Crippen LogP contribution is 2.30. The van der Waals surface area contributed by atoms with Gasteiger partial charge in [-0.05, 0) is 49.4 Å². The summed E-state index contributed by atoms with van der Waals surface area (Å²) in [5, 5.41) is 1.00. The summed E-state index contributed by atoms with van der Waals surface area (Å²) in [7, 11) is 1.56. The highest BCUT2D eigenvalue weighted by atomic mass is 19.1. The van der Waals surface area contributed by atoms with Crippen molar-refractivity contribution in [2.75, 3.05) is 13.7 Å². The Bertz CT molecular complexity index is 760. The lowest BCUT2D eigenvalue weighted by Gasteiger charge is -2.30. The third kappa shape index (κ3) is 3.41. The van der Waals surface area contributed by atoms with E-state index in [9.17, 15) is 9.18 Å². The van der Waals surface area contributed by atoms with Crippen molar-refractivity contribution in [3.63, 3.8) is 0 Å². The predicted octanol–water partition coefficient (Wildman–Crippen LogP) is 2.45. The second kappa shape index (κ2) is 7.14. The van der Waals surface area contributed by atoms with Crippen molar-refractivity contribution in [2.24, 2.45) is 11.7 Å². The molecule has 5 nitrogen and oxygen atoms in total. The van der Waals surface area contributed by atoms with E-state index in [1.54, 1.807) is 13.2 Å². The number of hydrogen-bond acceptors (Lipinski definition) is 3. The minimum absolute atomic E-state index is 0.0606. The molecule has 1 aliphatic heterocycles. The van der Waals surface area contributed by atoms with Gasteiger partial charge in [0.05, 0.1) is 6.10 Å². The molecule has 2 aromatic rings. The normalized spacial score (nSPS) is 23.2. The van der Waals surface area contributed by atoms with Gasteiger partial charge in [-0.25, -0.2) is 4.39 Å². The lowest BCUT2D eigenvalue weighted by atomic mass is 9.95. The van der Waals surface area contributed by atoms with E-state index in [-0.39, 0.29) is 23.9 Å². The van der Waals surface area contributed by atoms with Gasteiger partial charge in [0, 0.05) is 36.8 Å². The Kier molecular flexibility index (Phi) is 5.11. The molecule has 3 N–H and O–H groups in total. The molecule has 0 bridgehead atoms. The molecule has 4 unspecified atom stereocenters. The van der Waals surface area contributed by atoms with E-state index in [2.05, 4.69) is 11.9 Å². The zero-order valence-corrected chi connectivity index (χ0v) is 15.0. The van der Waals surface area contributed by atoms with E-state index >= 15 is 0 Å². The van der Waals surface area contributed by atoms with Crippen LogP contribution in [0.2, 0.25) is 0 Å². The number of carbonyl (C=O) groups is 1. The summed E-state index contributed by atoms with van der Waals surface area (Å²) in [5.41, 5.74) is 7.95. The summed E-state index contributed by atoms with van der Waals surface area (Å²) >= 11 is 0. The highest BCUT2D eigenvalue weighted by Gasteiger charge is 2.38. The maximum absolute atomic E-state index is 13.4. The van der Waals surface area contributed by atoms with Crippen molar-refractivity contribution in [2.45, 2.75) is 44.9 Å². The van der Waals surface area contributed by atoms with Crippen molar-refractivity contribution < 1.29 is 13.9 Å². The first kappa shape index (κ1) is 17.9. The maximum Gasteiger partial charge on any atom is 0.242 e. The van der Waals surface area contributed by atoms with Crippen LogP contribution >= 0.6 is 0 Å². The van der Waals surface area contributed by atoms with Crippen LogP contribution < -0.4 is 5.73 Å². The van der Waals surface area contributed by atoms with Crippen LogP contribution in [0.1, 0.15) is 25.8 Å². The number of nitrogens with two attached hydrogens (primary N) is 1. The Hall–Kier alpha value is -1.92. The number of halogens is 1. The average Bonchev–Trinajstić information content (AvgIpc) is 3.17. The largest absolute Gasteiger partial charge is 0.380 e. The molecular weight excluding hydrogens is 321 g/mol. The molecule has 1 fully saturated rings. The van der Waals surface area contributed by atoms with Gasteiger partial charge >= 0.3 is 0 Å². The van der Waals surface area contributed by atoms with Gasteiger partial charge in [-0.3, -0.25) is 4.79 Å². The SMILES string of the molecule is COC(C)C(N)C(=O)N1CCC(C)C1Cc1c[nH]c2cc(F)ccc12. The lowest BCUT2D eigenvalue weighted by molar-refractivity contribution is -0.136. The van der Waals surface area contributed by atoms with Gasteiger partial charge in [-0.2, -0.15) is 0 Å².